The molecule has 1 fully saturated rings. The van der Waals surface area contributed by atoms with E-state index in [-0.39, 0.29) is 6.03 Å². The molecule has 0 bridgehead atoms. The molecule has 1 aliphatic rings. The van der Waals surface area contributed by atoms with Gasteiger partial charge in [0.25, 0.3) is 0 Å². The molecule has 1 atom stereocenters. The van der Waals surface area contributed by atoms with Crippen molar-refractivity contribution in [3.63, 3.8) is 0 Å². The summed E-state index contributed by atoms with van der Waals surface area (Å²) in [7, 11) is 0. The summed E-state index contributed by atoms with van der Waals surface area (Å²) in [6.45, 7) is 5.00. The first-order valence-electron chi connectivity index (χ1n) is 6.83. The number of carbonyl (C=O) groups excluding carboxylic acids is 1. The van der Waals surface area contributed by atoms with Gasteiger partial charge in [-0.2, -0.15) is 0 Å². The normalized spacial score (nSPS) is 16.1. The minimum atomic E-state index is -0.811. The fourth-order valence-corrected chi connectivity index (χ4v) is 1.79. The Balaban J connectivity index is 2.26. The Labute approximate surface area is 109 Å². The largest absolute Gasteiger partial charge is 0.481 e. The molecule has 18 heavy (non-hydrogen) atoms. The van der Waals surface area contributed by atoms with Gasteiger partial charge in [0.2, 0.25) is 0 Å². The average molecular weight is 256 g/mol. The zero-order valence-electron chi connectivity index (χ0n) is 11.3. The second-order valence-electron chi connectivity index (χ2n) is 5.04. The number of carbonyl (C=O) groups is 2. The second kappa shape index (κ2) is 7.24. The predicted octanol–water partition coefficient (Wildman–Crippen LogP) is 2.07. The Morgan fingerprint density at radius 1 is 1.44 bits per heavy atom. The van der Waals surface area contributed by atoms with E-state index in [4.69, 9.17) is 5.11 Å². The summed E-state index contributed by atoms with van der Waals surface area (Å²) in [5.74, 6) is -1.22. The molecule has 1 rings (SSSR count). The Morgan fingerprint density at radius 2 is 2.11 bits per heavy atom. The lowest BCUT2D eigenvalue weighted by Crippen LogP contribution is -2.42. The van der Waals surface area contributed by atoms with Crippen molar-refractivity contribution in [3.05, 3.63) is 0 Å². The maximum Gasteiger partial charge on any atom is 0.317 e. The molecule has 0 saturated heterocycles. The van der Waals surface area contributed by atoms with Crippen LogP contribution in [0, 0.1) is 5.92 Å². The minimum Gasteiger partial charge on any atom is -0.481 e. The van der Waals surface area contributed by atoms with Crippen molar-refractivity contribution in [2.24, 2.45) is 5.92 Å². The molecule has 1 aliphatic carbocycles. The number of unbranched alkanes of at least 4 members (excludes halogenated alkanes) is 1. The van der Waals surface area contributed by atoms with Gasteiger partial charge < -0.3 is 15.3 Å². The van der Waals surface area contributed by atoms with Crippen LogP contribution >= 0.6 is 0 Å². The van der Waals surface area contributed by atoms with Gasteiger partial charge in [-0.1, -0.05) is 20.3 Å². The van der Waals surface area contributed by atoms with Gasteiger partial charge in [-0.15, -0.1) is 0 Å². The highest BCUT2D eigenvalue weighted by Crippen LogP contribution is 2.27. The lowest BCUT2D eigenvalue weighted by Gasteiger charge is -2.22. The fourth-order valence-electron chi connectivity index (χ4n) is 1.79. The number of rotatable bonds is 8. The lowest BCUT2D eigenvalue weighted by molar-refractivity contribution is -0.141. The molecule has 1 unspecified atom stereocenters. The van der Waals surface area contributed by atoms with Crippen LogP contribution in [0.1, 0.15) is 46.0 Å². The number of nitrogens with zero attached hydrogens (tertiary/aromatic N) is 1. The smallest absolute Gasteiger partial charge is 0.317 e. The standard InChI is InChI=1S/C13H24N2O3/c1-3-4-9-15(11-5-6-11)13(18)14-8-7-10(2)12(16)17/h10-11H,3-9H2,1-2H3,(H,14,18)(H,16,17). The van der Waals surface area contributed by atoms with Crippen LogP contribution in [0.25, 0.3) is 0 Å². The van der Waals surface area contributed by atoms with Crippen molar-refractivity contribution in [1.82, 2.24) is 10.2 Å². The molecule has 0 aromatic heterocycles. The number of carboxylic acids is 1. The Kier molecular flexibility index (Phi) is 5.95. The SMILES string of the molecule is CCCCN(C(=O)NCCC(C)C(=O)O)C1CC1. The molecular weight excluding hydrogens is 232 g/mol. The maximum absolute atomic E-state index is 11.9. The topological polar surface area (TPSA) is 69.6 Å². The van der Waals surface area contributed by atoms with E-state index in [9.17, 15) is 9.59 Å². The molecule has 0 aromatic carbocycles. The quantitative estimate of drug-likeness (QED) is 0.698. The number of nitrogens with one attached hydrogen (secondary N) is 1. The van der Waals surface area contributed by atoms with Crippen LogP contribution in [0.15, 0.2) is 0 Å². The molecule has 1 saturated carbocycles. The van der Waals surface area contributed by atoms with E-state index in [0.29, 0.717) is 19.0 Å². The molecule has 2 N–H and O–H groups in total. The first-order chi connectivity index (χ1) is 8.56. The van der Waals surface area contributed by atoms with Crippen LogP contribution in [-0.2, 0) is 4.79 Å². The lowest BCUT2D eigenvalue weighted by atomic mass is 10.1. The maximum atomic E-state index is 11.9. The van der Waals surface area contributed by atoms with Crippen LogP contribution in [-0.4, -0.2) is 41.1 Å². The highest BCUT2D eigenvalue weighted by Gasteiger charge is 2.31. The average Bonchev–Trinajstić information content (AvgIpc) is 3.13. The highest BCUT2D eigenvalue weighted by molar-refractivity contribution is 5.75. The van der Waals surface area contributed by atoms with Crippen LogP contribution < -0.4 is 5.32 Å². The molecule has 5 heteroatoms. The van der Waals surface area contributed by atoms with E-state index in [2.05, 4.69) is 12.2 Å². The van der Waals surface area contributed by atoms with Crippen molar-refractivity contribution in [2.45, 2.75) is 52.0 Å². The molecule has 0 heterocycles. The monoisotopic (exact) mass is 256 g/mol. The second-order valence-corrected chi connectivity index (χ2v) is 5.04. The van der Waals surface area contributed by atoms with E-state index >= 15 is 0 Å². The number of carboxylic acid groups (broad SMARTS) is 1. The summed E-state index contributed by atoms with van der Waals surface area (Å²) in [5.41, 5.74) is 0. The zero-order chi connectivity index (χ0) is 13.5. The van der Waals surface area contributed by atoms with E-state index in [1.165, 1.54) is 0 Å². The van der Waals surface area contributed by atoms with Crippen molar-refractivity contribution >= 4 is 12.0 Å². The third-order valence-electron chi connectivity index (χ3n) is 3.28. The van der Waals surface area contributed by atoms with Gasteiger partial charge in [-0.05, 0) is 25.7 Å². The van der Waals surface area contributed by atoms with Crippen molar-refractivity contribution in [3.8, 4) is 0 Å². The number of hydrogen-bond acceptors (Lipinski definition) is 2. The van der Waals surface area contributed by atoms with Gasteiger partial charge in [0.15, 0.2) is 0 Å². The molecule has 0 spiro atoms. The predicted molar refractivity (Wildman–Crippen MR) is 69.5 cm³/mol. The first-order valence-corrected chi connectivity index (χ1v) is 6.83. The number of aliphatic carboxylic acids is 1. The van der Waals surface area contributed by atoms with Gasteiger partial charge >= 0.3 is 12.0 Å². The van der Waals surface area contributed by atoms with Crippen LogP contribution in [0.3, 0.4) is 0 Å². The van der Waals surface area contributed by atoms with Gasteiger partial charge in [-0.3, -0.25) is 4.79 Å². The molecule has 0 radical (unpaired) electrons. The molecule has 0 aromatic rings. The first kappa shape index (κ1) is 14.8. The van der Waals surface area contributed by atoms with E-state index < -0.39 is 11.9 Å². The van der Waals surface area contributed by atoms with Crippen LogP contribution in [0.5, 0.6) is 0 Å². The fraction of sp³-hybridized carbons (Fsp3) is 0.846. The van der Waals surface area contributed by atoms with Gasteiger partial charge in [-0.25, -0.2) is 4.79 Å². The van der Waals surface area contributed by atoms with Crippen LogP contribution in [0.4, 0.5) is 4.79 Å². The third-order valence-corrected chi connectivity index (χ3v) is 3.28. The van der Waals surface area contributed by atoms with Gasteiger partial charge in [0, 0.05) is 19.1 Å². The van der Waals surface area contributed by atoms with Gasteiger partial charge in [0.05, 0.1) is 5.92 Å². The Morgan fingerprint density at radius 3 is 2.61 bits per heavy atom. The number of amides is 2. The molecule has 104 valence electrons. The molecule has 2 amide bonds. The number of hydrogen-bond donors (Lipinski definition) is 2. The van der Waals surface area contributed by atoms with Crippen molar-refractivity contribution in [2.75, 3.05) is 13.1 Å². The van der Waals surface area contributed by atoms with E-state index in [1.807, 2.05) is 4.90 Å². The van der Waals surface area contributed by atoms with Crippen molar-refractivity contribution in [1.29, 1.82) is 0 Å². The highest BCUT2D eigenvalue weighted by atomic mass is 16.4. The summed E-state index contributed by atoms with van der Waals surface area (Å²) in [4.78, 5) is 24.5. The van der Waals surface area contributed by atoms with Crippen molar-refractivity contribution < 1.29 is 14.7 Å². The van der Waals surface area contributed by atoms with Crippen LogP contribution in [0.2, 0.25) is 0 Å². The Hall–Kier alpha value is -1.26. The zero-order valence-corrected chi connectivity index (χ0v) is 11.3. The Bertz CT molecular complexity index is 290. The summed E-state index contributed by atoms with van der Waals surface area (Å²) >= 11 is 0. The summed E-state index contributed by atoms with van der Waals surface area (Å²) < 4.78 is 0. The van der Waals surface area contributed by atoms with E-state index in [1.54, 1.807) is 6.92 Å². The summed E-state index contributed by atoms with van der Waals surface area (Å²) in [6.07, 6.45) is 4.78. The molecular formula is C13H24N2O3. The summed E-state index contributed by atoms with van der Waals surface area (Å²) in [5, 5.41) is 11.6. The third kappa shape index (κ3) is 4.94. The van der Waals surface area contributed by atoms with Gasteiger partial charge in [0.1, 0.15) is 0 Å². The number of urea groups is 1. The summed E-state index contributed by atoms with van der Waals surface area (Å²) in [6, 6.07) is 0.372. The minimum absolute atomic E-state index is 0.0384. The molecule has 5 nitrogen and oxygen atoms in total. The van der Waals surface area contributed by atoms with E-state index in [0.717, 1.165) is 32.2 Å². The molecule has 0 aliphatic heterocycles.